The summed E-state index contributed by atoms with van der Waals surface area (Å²) in [4.78, 5) is 19.9. The van der Waals surface area contributed by atoms with Gasteiger partial charge in [-0.25, -0.2) is 4.98 Å². The number of carbonyl (C=O) groups is 1. The molecule has 2 saturated heterocycles. The average Bonchev–Trinajstić information content (AvgIpc) is 3.52. The number of ether oxygens (including phenoxy) is 2. The maximum absolute atomic E-state index is 13.2. The van der Waals surface area contributed by atoms with Crippen LogP contribution in [0.2, 0.25) is 0 Å². The fraction of sp³-hybridized carbons (Fsp3) is 0.391. The van der Waals surface area contributed by atoms with Crippen LogP contribution < -0.4 is 4.74 Å². The molecule has 0 aliphatic carbocycles. The molecule has 1 aromatic heterocycles. The maximum atomic E-state index is 13.2. The van der Waals surface area contributed by atoms with Gasteiger partial charge in [0.15, 0.2) is 0 Å². The molecule has 2 aromatic carbocycles. The Labute approximate surface area is 174 Å². The zero-order valence-electron chi connectivity index (χ0n) is 16.3. The molecule has 0 N–H and O–H groups in total. The highest BCUT2D eigenvalue weighted by Crippen LogP contribution is 2.37. The van der Waals surface area contributed by atoms with Gasteiger partial charge in [0.1, 0.15) is 17.4 Å². The van der Waals surface area contributed by atoms with E-state index < -0.39 is 0 Å². The Morgan fingerprint density at radius 2 is 2.00 bits per heavy atom. The fourth-order valence-corrected chi connectivity index (χ4v) is 5.24. The summed E-state index contributed by atoms with van der Waals surface area (Å²) in [6.07, 6.45) is 4.32. The number of nitrogens with zero attached hydrogens (tertiary/aromatic N) is 2. The van der Waals surface area contributed by atoms with Gasteiger partial charge in [-0.1, -0.05) is 12.1 Å². The van der Waals surface area contributed by atoms with E-state index in [0.717, 1.165) is 55.1 Å². The van der Waals surface area contributed by atoms with Gasteiger partial charge in [0, 0.05) is 18.7 Å². The third-order valence-corrected chi connectivity index (χ3v) is 6.81. The minimum Gasteiger partial charge on any atom is -0.491 e. The Balaban J connectivity index is 1.28. The van der Waals surface area contributed by atoms with Gasteiger partial charge in [0.25, 0.3) is 5.91 Å². The summed E-state index contributed by atoms with van der Waals surface area (Å²) in [5.74, 6) is 0.846. The molecule has 0 spiro atoms. The molecule has 5 nitrogen and oxygen atoms in total. The summed E-state index contributed by atoms with van der Waals surface area (Å²) in [5, 5.41) is 1.04. The molecule has 0 radical (unpaired) electrons. The van der Waals surface area contributed by atoms with Crippen molar-refractivity contribution in [2.24, 2.45) is 0 Å². The van der Waals surface area contributed by atoms with Crippen LogP contribution in [0.25, 0.3) is 10.2 Å². The molecular weight excluding hydrogens is 384 g/mol. The number of thiazole rings is 1. The predicted octanol–water partition coefficient (Wildman–Crippen LogP) is 4.83. The summed E-state index contributed by atoms with van der Waals surface area (Å²) in [6.45, 7) is 2.17. The van der Waals surface area contributed by atoms with Crippen LogP contribution in [0.3, 0.4) is 0 Å². The average molecular weight is 409 g/mol. The molecule has 2 atom stereocenters. The van der Waals surface area contributed by atoms with Crippen molar-refractivity contribution in [3.8, 4) is 5.75 Å². The topological polar surface area (TPSA) is 51.7 Å². The second kappa shape index (κ2) is 8.13. The Bertz CT molecular complexity index is 962. The van der Waals surface area contributed by atoms with E-state index in [4.69, 9.17) is 14.5 Å². The highest BCUT2D eigenvalue weighted by molar-refractivity contribution is 7.18. The van der Waals surface area contributed by atoms with E-state index >= 15 is 0 Å². The van der Waals surface area contributed by atoms with E-state index in [2.05, 4.69) is 6.07 Å². The molecule has 2 aliphatic rings. The molecule has 3 aromatic rings. The molecule has 2 aliphatic heterocycles. The van der Waals surface area contributed by atoms with Crippen molar-refractivity contribution < 1.29 is 14.3 Å². The number of fused-ring (bicyclic) bond motifs is 1. The van der Waals surface area contributed by atoms with Gasteiger partial charge < -0.3 is 14.4 Å². The lowest BCUT2D eigenvalue weighted by Gasteiger charge is -2.23. The predicted molar refractivity (Wildman–Crippen MR) is 114 cm³/mol. The zero-order valence-corrected chi connectivity index (χ0v) is 17.1. The van der Waals surface area contributed by atoms with Crippen LogP contribution in [0.4, 0.5) is 0 Å². The van der Waals surface area contributed by atoms with Crippen molar-refractivity contribution in [2.75, 3.05) is 19.8 Å². The number of amides is 1. The second-order valence-corrected chi connectivity index (χ2v) is 8.71. The number of hydrogen-bond donors (Lipinski definition) is 0. The summed E-state index contributed by atoms with van der Waals surface area (Å²) in [5.41, 5.74) is 1.71. The summed E-state index contributed by atoms with van der Waals surface area (Å²) >= 11 is 1.70. The van der Waals surface area contributed by atoms with Gasteiger partial charge in [-0.3, -0.25) is 4.79 Å². The van der Waals surface area contributed by atoms with E-state index in [1.165, 1.54) is 4.70 Å². The van der Waals surface area contributed by atoms with E-state index in [9.17, 15) is 4.79 Å². The highest BCUT2D eigenvalue weighted by atomic mass is 32.1. The van der Waals surface area contributed by atoms with Gasteiger partial charge in [-0.05, 0) is 62.1 Å². The zero-order chi connectivity index (χ0) is 19.6. The largest absolute Gasteiger partial charge is 0.491 e. The first-order valence-corrected chi connectivity index (χ1v) is 11.1. The lowest BCUT2D eigenvalue weighted by Crippen LogP contribution is -2.30. The van der Waals surface area contributed by atoms with Crippen LogP contribution in [-0.4, -0.2) is 41.7 Å². The number of para-hydroxylation sites is 1. The van der Waals surface area contributed by atoms with Crippen LogP contribution in [0.15, 0.2) is 48.5 Å². The quantitative estimate of drug-likeness (QED) is 0.607. The van der Waals surface area contributed by atoms with Crippen LogP contribution in [0, 0.1) is 0 Å². The van der Waals surface area contributed by atoms with Crippen molar-refractivity contribution in [3.05, 3.63) is 59.1 Å². The van der Waals surface area contributed by atoms with E-state index in [1.54, 1.807) is 11.3 Å². The van der Waals surface area contributed by atoms with Gasteiger partial charge in [-0.2, -0.15) is 0 Å². The molecule has 5 rings (SSSR count). The fourth-order valence-electron chi connectivity index (χ4n) is 4.12. The number of hydrogen-bond acceptors (Lipinski definition) is 5. The molecule has 150 valence electrons. The molecular formula is C23H24N2O3S. The van der Waals surface area contributed by atoms with Crippen LogP contribution in [0.1, 0.15) is 47.1 Å². The lowest BCUT2D eigenvalue weighted by molar-refractivity contribution is 0.0678. The van der Waals surface area contributed by atoms with Gasteiger partial charge in [-0.15, -0.1) is 11.3 Å². The van der Waals surface area contributed by atoms with Crippen molar-refractivity contribution in [1.82, 2.24) is 9.88 Å². The molecule has 0 bridgehead atoms. The van der Waals surface area contributed by atoms with E-state index in [-0.39, 0.29) is 18.1 Å². The van der Waals surface area contributed by atoms with Gasteiger partial charge in [0.05, 0.1) is 22.4 Å². The van der Waals surface area contributed by atoms with Crippen molar-refractivity contribution in [1.29, 1.82) is 0 Å². The smallest absolute Gasteiger partial charge is 0.254 e. The Hall–Kier alpha value is -2.44. The van der Waals surface area contributed by atoms with Crippen molar-refractivity contribution in [3.63, 3.8) is 0 Å². The summed E-state index contributed by atoms with van der Waals surface area (Å²) < 4.78 is 12.6. The van der Waals surface area contributed by atoms with Crippen LogP contribution in [0.5, 0.6) is 5.75 Å². The lowest BCUT2D eigenvalue weighted by atomic mass is 10.1. The van der Waals surface area contributed by atoms with Crippen LogP contribution in [-0.2, 0) is 4.74 Å². The SMILES string of the molecule is O=C(c1ccc(OCC2CCCO2)cc1)N1CCCC1c1nc2ccccc2s1. The first-order valence-electron chi connectivity index (χ1n) is 10.3. The van der Waals surface area contributed by atoms with Crippen molar-refractivity contribution in [2.45, 2.75) is 37.8 Å². The summed E-state index contributed by atoms with van der Waals surface area (Å²) in [7, 11) is 0. The number of benzene rings is 2. The molecule has 1 amide bonds. The molecule has 2 unspecified atom stereocenters. The normalized spacial score (nSPS) is 21.7. The Morgan fingerprint density at radius 3 is 2.79 bits per heavy atom. The second-order valence-electron chi connectivity index (χ2n) is 7.65. The molecule has 0 saturated carbocycles. The first-order chi connectivity index (χ1) is 14.3. The Morgan fingerprint density at radius 1 is 1.14 bits per heavy atom. The highest BCUT2D eigenvalue weighted by Gasteiger charge is 2.32. The number of carbonyl (C=O) groups excluding carboxylic acids is 1. The first kappa shape index (κ1) is 18.6. The molecule has 3 heterocycles. The standard InChI is InChI=1S/C23H24N2O3S/c26-23(16-9-11-17(12-10-16)28-15-18-5-4-14-27-18)25-13-3-7-20(25)22-24-19-6-1-2-8-21(19)29-22/h1-2,6,8-12,18,20H,3-5,7,13-15H2. The number of aromatic nitrogens is 1. The summed E-state index contributed by atoms with van der Waals surface area (Å²) in [6, 6.07) is 15.7. The minimum atomic E-state index is 0.0651. The molecule has 2 fully saturated rings. The molecule has 29 heavy (non-hydrogen) atoms. The monoisotopic (exact) mass is 408 g/mol. The number of rotatable bonds is 5. The third kappa shape index (κ3) is 3.87. The van der Waals surface area contributed by atoms with Gasteiger partial charge >= 0.3 is 0 Å². The Kier molecular flexibility index (Phi) is 5.21. The van der Waals surface area contributed by atoms with Crippen LogP contribution >= 0.6 is 11.3 Å². The molecule has 6 heteroatoms. The minimum absolute atomic E-state index is 0.0651. The van der Waals surface area contributed by atoms with Crippen molar-refractivity contribution >= 4 is 27.5 Å². The number of likely N-dealkylation sites (tertiary alicyclic amines) is 1. The van der Waals surface area contributed by atoms with E-state index in [0.29, 0.717) is 12.2 Å². The van der Waals surface area contributed by atoms with E-state index in [1.807, 2.05) is 47.4 Å². The maximum Gasteiger partial charge on any atom is 0.254 e. The third-order valence-electron chi connectivity index (χ3n) is 5.67. The van der Waals surface area contributed by atoms with Gasteiger partial charge in [0.2, 0.25) is 0 Å².